The number of para-hydroxylation sites is 1. The summed E-state index contributed by atoms with van der Waals surface area (Å²) in [7, 11) is -3.71. The van der Waals surface area contributed by atoms with Gasteiger partial charge in [-0.2, -0.15) is 13.2 Å². The zero-order valence-electron chi connectivity index (χ0n) is 44.3. The number of ether oxygens (including phenoxy) is 5. The van der Waals surface area contributed by atoms with Crippen LogP contribution in [0.25, 0.3) is 0 Å². The van der Waals surface area contributed by atoms with Crippen LogP contribution in [0.3, 0.4) is 0 Å². The highest BCUT2D eigenvalue weighted by atomic mass is 35.5. The van der Waals surface area contributed by atoms with Crippen LogP contribution in [0.5, 0.6) is 11.5 Å². The van der Waals surface area contributed by atoms with Crippen molar-refractivity contribution in [1.82, 2.24) is 10.2 Å². The summed E-state index contributed by atoms with van der Waals surface area (Å²) in [5.41, 5.74) is 0.224. The normalized spacial score (nSPS) is 14.1. The Bertz CT molecular complexity index is 2670. The van der Waals surface area contributed by atoms with E-state index in [0.29, 0.717) is 35.9 Å². The summed E-state index contributed by atoms with van der Waals surface area (Å²) in [5, 5.41) is 20.8. The lowest BCUT2D eigenvalue weighted by Gasteiger charge is -2.29. The topological polar surface area (TPSA) is 287 Å². The molecule has 30 heteroatoms. The van der Waals surface area contributed by atoms with E-state index in [0.717, 1.165) is 53.6 Å². The maximum atomic E-state index is 12.7. The van der Waals surface area contributed by atoms with Gasteiger partial charge in [0.2, 0.25) is 5.91 Å². The van der Waals surface area contributed by atoms with Gasteiger partial charge >= 0.3 is 24.1 Å². The van der Waals surface area contributed by atoms with Crippen molar-refractivity contribution in [3.8, 4) is 11.5 Å². The molecule has 2 amide bonds. The molecule has 4 aromatic rings. The summed E-state index contributed by atoms with van der Waals surface area (Å²) in [6.45, 7) is 11.1. The lowest BCUT2D eigenvalue weighted by molar-refractivity contribution is -0.385. The summed E-state index contributed by atoms with van der Waals surface area (Å²) >= 11 is 22.7. The molecule has 2 heterocycles. The third-order valence-corrected chi connectivity index (χ3v) is 11.2. The van der Waals surface area contributed by atoms with Crippen LogP contribution in [0.2, 0.25) is 5.02 Å². The molecule has 1 aromatic heterocycles. The van der Waals surface area contributed by atoms with E-state index in [2.05, 4.69) is 30.4 Å². The first-order valence-electron chi connectivity index (χ1n) is 23.2. The smallest absolute Gasteiger partial charge is 0.416 e. The summed E-state index contributed by atoms with van der Waals surface area (Å²) in [4.78, 5) is 87.4. The van der Waals surface area contributed by atoms with Crippen molar-refractivity contribution < 1.29 is 89.6 Å². The lowest BCUT2D eigenvalue weighted by Crippen LogP contribution is -2.45. The molecule has 3 N–H and O–H groups in total. The van der Waals surface area contributed by atoms with Crippen LogP contribution in [0.4, 0.5) is 24.5 Å². The molecular weight excluding hydrogens is 1180 g/mol. The first-order valence-corrected chi connectivity index (χ1v) is 29.2. The molecule has 1 aliphatic heterocycles. The van der Waals surface area contributed by atoms with E-state index in [9.17, 15) is 56.7 Å². The first kappa shape index (κ1) is 71.8. The number of halogens is 7. The molecule has 2 atom stereocenters. The van der Waals surface area contributed by atoms with Crippen LogP contribution in [-0.2, 0) is 66.2 Å². The van der Waals surface area contributed by atoms with Crippen molar-refractivity contribution in [2.45, 2.75) is 70.8 Å². The second kappa shape index (κ2) is 34.8. The van der Waals surface area contributed by atoms with Crippen molar-refractivity contribution >= 4 is 106 Å². The monoisotopic (exact) mass is 1240 g/mol. The number of carboxylic acid groups (broad SMARTS) is 1. The number of carbonyl (C=O) groups excluding carboxylic acids is 4. The number of aryl methyl sites for hydroxylation is 2. The van der Waals surface area contributed by atoms with E-state index >= 15 is 0 Å². The number of hydrogen-bond donors (Lipinski definition) is 3. The number of alkyl halides is 6. The van der Waals surface area contributed by atoms with E-state index < -0.39 is 83.4 Å². The molecule has 1 fully saturated rings. The van der Waals surface area contributed by atoms with E-state index in [1.807, 2.05) is 43.4 Å². The van der Waals surface area contributed by atoms with Crippen molar-refractivity contribution in [2.75, 3.05) is 75.5 Å². The summed E-state index contributed by atoms with van der Waals surface area (Å²) in [6, 6.07) is 15.0. The van der Waals surface area contributed by atoms with Crippen LogP contribution < -0.4 is 19.8 Å². The Kier molecular flexibility index (Phi) is 31.7. The SMILES string of the molecule is CC1(C)OC(c2ccco2)CN1C(=O)C(Cl)Cl.CCOC(=O)COC(=O)c1cc(Oc2ccc(C(F)(F)F)cc2Cl)ccc1[N+](=O)[O-].CCOCN(C(=O)CCl)c1c(C)cccc1CC.C[S+](C)C.O=C(O)CNCP(=O)([O-])O. The zero-order valence-corrected chi connectivity index (χ0v) is 49.0. The fourth-order valence-corrected chi connectivity index (χ4v) is 7.33. The standard InChI is InChI=1S/C18H13ClF3NO7.C14H20ClNO2.C11H13Cl2NO3.C3H8NO5P.C3H9S/c1-2-28-16(24)9-29-17(25)12-8-11(4-5-14(12)23(26)27)30-15-6-3-10(7-13(15)19)18(20,21)22;1-4-12-8-6-7-11(3)14(12)16(10-18-5-2)13(17)9-15;1-11(2)14(10(15)9(12)13)6-8(17-11)7-4-3-5-16-7;5-3(6)1-4-2-10(7,8)9;1-4(2)3/h3-8H,2,9H2,1H3;6-8H,4-5,9-10H2,1-3H3;3-5,8-9H,6H2,1-2H3;4H,1-2H2,(H,5,6)(H2,7,8,9);1-3H3/q;;;;+1/p-1. The zero-order chi connectivity index (χ0) is 60.4. The predicted molar refractivity (Wildman–Crippen MR) is 291 cm³/mol. The van der Waals surface area contributed by atoms with Gasteiger partial charge in [-0.1, -0.05) is 59.9 Å². The van der Waals surface area contributed by atoms with Gasteiger partial charge < -0.3 is 52.5 Å². The number of nitrogens with one attached hydrogen (secondary N) is 1. The van der Waals surface area contributed by atoms with Gasteiger partial charge in [0.15, 0.2) is 11.4 Å². The summed E-state index contributed by atoms with van der Waals surface area (Å²) in [5.74, 6) is -3.36. The van der Waals surface area contributed by atoms with Crippen LogP contribution >= 0.6 is 54.0 Å². The molecule has 0 saturated carbocycles. The number of carbonyl (C=O) groups is 5. The minimum atomic E-state index is -4.61. The van der Waals surface area contributed by atoms with E-state index in [4.69, 9.17) is 79.8 Å². The molecule has 1 saturated heterocycles. The minimum absolute atomic E-state index is 0.0371. The first-order chi connectivity index (χ1) is 36.7. The Morgan fingerprint density at radius 1 is 1.01 bits per heavy atom. The van der Waals surface area contributed by atoms with E-state index in [-0.39, 0.29) is 53.7 Å². The van der Waals surface area contributed by atoms with Gasteiger partial charge in [-0.3, -0.25) is 34.7 Å². The molecule has 3 aromatic carbocycles. The van der Waals surface area contributed by atoms with Gasteiger partial charge in [0.1, 0.15) is 54.9 Å². The number of hydrogen-bond acceptors (Lipinski definition) is 16. The fourth-order valence-electron chi connectivity index (χ4n) is 6.33. The number of nitro benzene ring substituents is 1. The molecule has 0 spiro atoms. The van der Waals surface area contributed by atoms with Crippen LogP contribution in [0.1, 0.15) is 73.5 Å². The van der Waals surface area contributed by atoms with Crippen molar-refractivity contribution in [1.29, 1.82) is 0 Å². The lowest BCUT2D eigenvalue weighted by atomic mass is 10.0. The highest BCUT2D eigenvalue weighted by molar-refractivity contribution is 7.94. The number of furan rings is 1. The quantitative estimate of drug-likeness (QED) is 0.0150. The second-order valence-corrected chi connectivity index (χ2v) is 22.5. The molecule has 2 unspecified atom stereocenters. The molecule has 21 nitrogen and oxygen atoms in total. The maximum absolute atomic E-state index is 12.7. The molecule has 5 rings (SSSR count). The molecule has 0 aliphatic carbocycles. The summed E-state index contributed by atoms with van der Waals surface area (Å²) < 4.78 is 79.1. The van der Waals surface area contributed by atoms with Gasteiger partial charge in [0.25, 0.3) is 11.6 Å². The van der Waals surface area contributed by atoms with Crippen LogP contribution in [0.15, 0.2) is 77.4 Å². The molecular formula is C49H62Cl4F3N4O17PS. The number of benzene rings is 3. The van der Waals surface area contributed by atoms with E-state index in [1.54, 1.807) is 31.1 Å². The number of carboxylic acids is 1. The Morgan fingerprint density at radius 2 is 1.66 bits per heavy atom. The number of nitro groups is 1. The third kappa shape index (κ3) is 26.3. The van der Waals surface area contributed by atoms with Crippen molar-refractivity contribution in [3.05, 3.63) is 116 Å². The number of aliphatic carboxylic acids is 1. The summed E-state index contributed by atoms with van der Waals surface area (Å²) in [6.07, 6.45) is 3.43. The second-order valence-electron chi connectivity index (χ2n) is 16.7. The Balaban J connectivity index is 0.000000548. The largest absolute Gasteiger partial charge is 0.778 e. The van der Waals surface area contributed by atoms with Crippen molar-refractivity contribution in [3.63, 3.8) is 0 Å². The van der Waals surface area contributed by atoms with Gasteiger partial charge in [0, 0.05) is 18.7 Å². The van der Waals surface area contributed by atoms with Gasteiger partial charge in [0.05, 0.1) is 72.2 Å². The number of esters is 2. The third-order valence-electron chi connectivity index (χ3n) is 9.64. The highest BCUT2D eigenvalue weighted by Crippen LogP contribution is 2.39. The minimum Gasteiger partial charge on any atom is -0.778 e. The molecule has 440 valence electrons. The van der Waals surface area contributed by atoms with Gasteiger partial charge in [-0.25, -0.2) is 9.59 Å². The Labute approximate surface area is 477 Å². The van der Waals surface area contributed by atoms with Gasteiger partial charge in [-0.15, -0.1) is 11.6 Å². The average Bonchev–Trinajstić information content (AvgIpc) is 4.02. The van der Waals surface area contributed by atoms with E-state index in [1.165, 1.54) is 11.8 Å². The number of nitrogens with zero attached hydrogens (tertiary/aromatic N) is 3. The molecule has 1 aliphatic rings. The molecule has 0 bridgehead atoms. The fraction of sp³-hybridized carbons (Fsp3) is 0.449. The number of rotatable bonds is 19. The molecule has 0 radical (unpaired) electrons. The Hall–Kier alpha value is -5.18. The molecule has 79 heavy (non-hydrogen) atoms. The maximum Gasteiger partial charge on any atom is 0.416 e. The number of amides is 2. The average molecular weight is 1240 g/mol. The Morgan fingerprint density at radius 3 is 2.15 bits per heavy atom. The van der Waals surface area contributed by atoms with Crippen molar-refractivity contribution in [2.24, 2.45) is 0 Å². The van der Waals surface area contributed by atoms with Gasteiger partial charge in [-0.05, 0) is 99.5 Å². The highest BCUT2D eigenvalue weighted by Gasteiger charge is 2.45. The van der Waals surface area contributed by atoms with Crippen LogP contribution in [0, 0.1) is 17.0 Å². The van der Waals surface area contributed by atoms with Crippen LogP contribution in [-0.4, -0.2) is 131 Å². The predicted octanol–water partition coefficient (Wildman–Crippen LogP) is 9.28. The number of anilines is 1.